The molecule has 0 bridgehead atoms. The SMILES string of the molecule is COc1ccc(OCCNCC(=O)N2CCCC2)cc1. The predicted molar refractivity (Wildman–Crippen MR) is 77.2 cm³/mol. The Kier molecular flexibility index (Phi) is 5.68. The molecule has 2 rings (SSSR count). The van der Waals surface area contributed by atoms with E-state index in [0.717, 1.165) is 37.4 Å². The lowest BCUT2D eigenvalue weighted by molar-refractivity contribution is -0.129. The van der Waals surface area contributed by atoms with Crippen molar-refractivity contribution in [3.05, 3.63) is 24.3 Å². The summed E-state index contributed by atoms with van der Waals surface area (Å²) in [4.78, 5) is 13.7. The molecule has 0 unspecified atom stereocenters. The number of rotatable bonds is 7. The molecule has 1 aliphatic rings. The monoisotopic (exact) mass is 278 g/mol. The molecule has 0 radical (unpaired) electrons. The molecule has 1 N–H and O–H groups in total. The summed E-state index contributed by atoms with van der Waals surface area (Å²) in [5.41, 5.74) is 0. The van der Waals surface area contributed by atoms with E-state index in [1.807, 2.05) is 29.2 Å². The van der Waals surface area contributed by atoms with Crippen molar-refractivity contribution in [2.24, 2.45) is 0 Å². The number of benzene rings is 1. The summed E-state index contributed by atoms with van der Waals surface area (Å²) in [5, 5.41) is 3.11. The molecule has 5 heteroatoms. The van der Waals surface area contributed by atoms with Crippen LogP contribution in [0.25, 0.3) is 0 Å². The highest BCUT2D eigenvalue weighted by molar-refractivity contribution is 5.78. The Balaban J connectivity index is 1.57. The van der Waals surface area contributed by atoms with Crippen molar-refractivity contribution in [2.45, 2.75) is 12.8 Å². The van der Waals surface area contributed by atoms with Gasteiger partial charge in [0.25, 0.3) is 0 Å². The zero-order valence-corrected chi connectivity index (χ0v) is 11.9. The summed E-state index contributed by atoms with van der Waals surface area (Å²) in [6, 6.07) is 7.46. The van der Waals surface area contributed by atoms with E-state index in [-0.39, 0.29) is 5.91 Å². The van der Waals surface area contributed by atoms with E-state index in [0.29, 0.717) is 19.7 Å². The number of amides is 1. The molecule has 1 saturated heterocycles. The van der Waals surface area contributed by atoms with Crippen molar-refractivity contribution >= 4 is 5.91 Å². The number of carbonyl (C=O) groups excluding carboxylic acids is 1. The van der Waals surface area contributed by atoms with Gasteiger partial charge in [-0.05, 0) is 37.1 Å². The normalized spacial score (nSPS) is 14.3. The smallest absolute Gasteiger partial charge is 0.236 e. The topological polar surface area (TPSA) is 50.8 Å². The molecule has 0 aromatic heterocycles. The molecule has 110 valence electrons. The first-order valence-electron chi connectivity index (χ1n) is 7.05. The first-order chi connectivity index (χ1) is 9.79. The molecule has 0 atom stereocenters. The van der Waals surface area contributed by atoms with E-state index >= 15 is 0 Å². The third kappa shape index (κ3) is 4.42. The van der Waals surface area contributed by atoms with Crippen LogP contribution in [0, 0.1) is 0 Å². The number of methoxy groups -OCH3 is 1. The lowest BCUT2D eigenvalue weighted by Crippen LogP contribution is -2.37. The van der Waals surface area contributed by atoms with Crippen molar-refractivity contribution in [3.8, 4) is 11.5 Å². The molecule has 5 nitrogen and oxygen atoms in total. The van der Waals surface area contributed by atoms with Gasteiger partial charge in [-0.25, -0.2) is 0 Å². The fourth-order valence-corrected chi connectivity index (χ4v) is 2.19. The minimum atomic E-state index is 0.187. The second-order valence-electron chi connectivity index (χ2n) is 4.79. The molecule has 0 aliphatic carbocycles. The molecule has 1 aliphatic heterocycles. The molecule has 1 heterocycles. The average molecular weight is 278 g/mol. The Hall–Kier alpha value is -1.75. The minimum Gasteiger partial charge on any atom is -0.497 e. The third-order valence-electron chi connectivity index (χ3n) is 3.34. The second-order valence-corrected chi connectivity index (χ2v) is 4.79. The first-order valence-corrected chi connectivity index (χ1v) is 7.05. The molecule has 1 aromatic rings. The number of hydrogen-bond donors (Lipinski definition) is 1. The van der Waals surface area contributed by atoms with Crippen LogP contribution in [0.2, 0.25) is 0 Å². The lowest BCUT2D eigenvalue weighted by Gasteiger charge is -2.15. The number of hydrogen-bond acceptors (Lipinski definition) is 4. The van der Waals surface area contributed by atoms with Crippen molar-refractivity contribution in [2.75, 3.05) is 39.9 Å². The van der Waals surface area contributed by atoms with E-state index in [9.17, 15) is 4.79 Å². The van der Waals surface area contributed by atoms with Gasteiger partial charge in [-0.2, -0.15) is 0 Å². The summed E-state index contributed by atoms with van der Waals surface area (Å²) in [6.07, 6.45) is 2.26. The minimum absolute atomic E-state index is 0.187. The maximum Gasteiger partial charge on any atom is 0.236 e. The zero-order chi connectivity index (χ0) is 14.2. The van der Waals surface area contributed by atoms with Gasteiger partial charge in [0.2, 0.25) is 5.91 Å². The highest BCUT2D eigenvalue weighted by Gasteiger charge is 2.16. The maximum atomic E-state index is 11.8. The average Bonchev–Trinajstić information content (AvgIpc) is 3.01. The van der Waals surface area contributed by atoms with Gasteiger partial charge in [0, 0.05) is 19.6 Å². The molecular formula is C15H22N2O3. The van der Waals surface area contributed by atoms with Crippen LogP contribution < -0.4 is 14.8 Å². The largest absolute Gasteiger partial charge is 0.497 e. The predicted octanol–water partition coefficient (Wildman–Crippen LogP) is 1.29. The van der Waals surface area contributed by atoms with Gasteiger partial charge in [0.15, 0.2) is 0 Å². The van der Waals surface area contributed by atoms with E-state index in [1.54, 1.807) is 7.11 Å². The molecular weight excluding hydrogens is 256 g/mol. The van der Waals surface area contributed by atoms with Crippen molar-refractivity contribution in [1.82, 2.24) is 10.2 Å². The highest BCUT2D eigenvalue weighted by atomic mass is 16.5. The fraction of sp³-hybridized carbons (Fsp3) is 0.533. The number of likely N-dealkylation sites (tertiary alicyclic amines) is 1. The van der Waals surface area contributed by atoms with Gasteiger partial charge in [0.1, 0.15) is 18.1 Å². The Labute approximate surface area is 119 Å². The van der Waals surface area contributed by atoms with Crippen molar-refractivity contribution in [3.63, 3.8) is 0 Å². The molecule has 1 amide bonds. The van der Waals surface area contributed by atoms with Gasteiger partial charge < -0.3 is 19.7 Å². The number of carbonyl (C=O) groups is 1. The second kappa shape index (κ2) is 7.75. The van der Waals surface area contributed by atoms with Crippen LogP contribution in [0.3, 0.4) is 0 Å². The van der Waals surface area contributed by atoms with Crippen LogP contribution in [0.1, 0.15) is 12.8 Å². The van der Waals surface area contributed by atoms with Gasteiger partial charge in [-0.3, -0.25) is 4.79 Å². The summed E-state index contributed by atoms with van der Waals surface area (Å²) in [5.74, 6) is 1.80. The van der Waals surface area contributed by atoms with Gasteiger partial charge >= 0.3 is 0 Å². The van der Waals surface area contributed by atoms with Crippen LogP contribution in [0.4, 0.5) is 0 Å². The quantitative estimate of drug-likeness (QED) is 0.764. The van der Waals surface area contributed by atoms with Crippen molar-refractivity contribution in [1.29, 1.82) is 0 Å². The van der Waals surface area contributed by atoms with E-state index in [4.69, 9.17) is 9.47 Å². The molecule has 1 aromatic carbocycles. The third-order valence-corrected chi connectivity index (χ3v) is 3.34. The number of nitrogens with zero attached hydrogens (tertiary/aromatic N) is 1. The van der Waals surface area contributed by atoms with Crippen LogP contribution in [-0.2, 0) is 4.79 Å². The van der Waals surface area contributed by atoms with Crippen LogP contribution >= 0.6 is 0 Å². The Morgan fingerprint density at radius 1 is 1.20 bits per heavy atom. The van der Waals surface area contributed by atoms with Gasteiger partial charge in [-0.1, -0.05) is 0 Å². The van der Waals surface area contributed by atoms with E-state index in [2.05, 4.69) is 5.32 Å². The van der Waals surface area contributed by atoms with Crippen LogP contribution in [0.5, 0.6) is 11.5 Å². The van der Waals surface area contributed by atoms with Gasteiger partial charge in [-0.15, -0.1) is 0 Å². The Morgan fingerprint density at radius 3 is 2.50 bits per heavy atom. The standard InChI is InChI=1S/C15H22N2O3/c1-19-13-4-6-14(7-5-13)20-11-8-16-12-15(18)17-9-2-3-10-17/h4-7,16H,2-3,8-12H2,1H3. The summed E-state index contributed by atoms with van der Waals surface area (Å²) < 4.78 is 10.6. The highest BCUT2D eigenvalue weighted by Crippen LogP contribution is 2.16. The molecule has 0 spiro atoms. The van der Waals surface area contributed by atoms with E-state index in [1.165, 1.54) is 0 Å². The number of nitrogens with one attached hydrogen (secondary N) is 1. The lowest BCUT2D eigenvalue weighted by atomic mass is 10.3. The van der Waals surface area contributed by atoms with E-state index < -0.39 is 0 Å². The Bertz CT molecular complexity index is 414. The maximum absolute atomic E-state index is 11.8. The summed E-state index contributed by atoms with van der Waals surface area (Å²) in [6.45, 7) is 3.41. The molecule has 0 saturated carbocycles. The number of ether oxygens (including phenoxy) is 2. The molecule has 20 heavy (non-hydrogen) atoms. The van der Waals surface area contributed by atoms with Gasteiger partial charge in [0.05, 0.1) is 13.7 Å². The Morgan fingerprint density at radius 2 is 1.85 bits per heavy atom. The van der Waals surface area contributed by atoms with Crippen LogP contribution in [-0.4, -0.2) is 50.7 Å². The fourth-order valence-electron chi connectivity index (χ4n) is 2.19. The van der Waals surface area contributed by atoms with Crippen molar-refractivity contribution < 1.29 is 14.3 Å². The van der Waals surface area contributed by atoms with Crippen LogP contribution in [0.15, 0.2) is 24.3 Å². The first kappa shape index (κ1) is 14.7. The summed E-state index contributed by atoms with van der Waals surface area (Å²) >= 11 is 0. The molecule has 1 fully saturated rings. The zero-order valence-electron chi connectivity index (χ0n) is 11.9. The summed E-state index contributed by atoms with van der Waals surface area (Å²) in [7, 11) is 1.64.